The van der Waals surface area contributed by atoms with Gasteiger partial charge in [-0.2, -0.15) is 0 Å². The number of piperidine rings is 1. The lowest BCUT2D eigenvalue weighted by Gasteiger charge is -2.39. The van der Waals surface area contributed by atoms with Gasteiger partial charge in [-0.15, -0.1) is 0 Å². The molecule has 2 fully saturated rings. The van der Waals surface area contributed by atoms with Gasteiger partial charge < -0.3 is 25.0 Å². The molecular weight excluding hydrogens is 564 g/mol. The Morgan fingerprint density at radius 3 is 2.38 bits per heavy atom. The summed E-state index contributed by atoms with van der Waals surface area (Å²) >= 11 is 0. The van der Waals surface area contributed by atoms with Crippen molar-refractivity contribution in [3.05, 3.63) is 108 Å². The second-order valence-corrected chi connectivity index (χ2v) is 12.5. The third-order valence-electron chi connectivity index (χ3n) is 9.82. The first kappa shape index (κ1) is 31.0. The van der Waals surface area contributed by atoms with Crippen molar-refractivity contribution in [3.63, 3.8) is 0 Å². The standard InChI is InChI=1S/C37H44N4O4/c1-27(9-8-14-34(43)39-24-30-11-7-6-10-29(30)23-33(39)25-42)35(45-2)28-15-17-31(18-16-28)40-26-41(32-12-4-3-5-13-32)37(36(40)44)19-21-38-22-20-37/h3-13,15-18,27,33,35,38,42H,14,19-26H2,1-2H3/b9-8+/t27-,33-,35+/m0/s1. The van der Waals surface area contributed by atoms with E-state index in [-0.39, 0.29) is 42.9 Å². The zero-order valence-corrected chi connectivity index (χ0v) is 26.3. The Morgan fingerprint density at radius 2 is 1.69 bits per heavy atom. The Labute approximate surface area is 266 Å². The Bertz CT molecular complexity index is 1500. The van der Waals surface area contributed by atoms with Crippen molar-refractivity contribution >= 4 is 23.2 Å². The van der Waals surface area contributed by atoms with Crippen LogP contribution in [-0.2, 0) is 27.3 Å². The number of aliphatic hydroxyl groups excluding tert-OH is 1. The highest BCUT2D eigenvalue weighted by atomic mass is 16.5. The van der Waals surface area contributed by atoms with Crippen molar-refractivity contribution in [1.82, 2.24) is 10.2 Å². The number of fused-ring (bicyclic) bond motifs is 1. The van der Waals surface area contributed by atoms with Crippen LogP contribution >= 0.6 is 0 Å². The SMILES string of the molecule is CO[C@@H](c1ccc(N2CN(c3ccccc3)C3(CCNCC3)C2=O)cc1)[C@@H](C)/C=C/CC(=O)N1Cc2ccccc2C[C@H]1CO. The minimum Gasteiger partial charge on any atom is -0.394 e. The normalized spacial score (nSPS) is 20.9. The Kier molecular flexibility index (Phi) is 9.35. The highest BCUT2D eigenvalue weighted by Crippen LogP contribution is 2.40. The quantitative estimate of drug-likeness (QED) is 0.339. The zero-order chi connectivity index (χ0) is 31.4. The molecule has 2 amide bonds. The van der Waals surface area contributed by atoms with Gasteiger partial charge in [0.05, 0.1) is 25.4 Å². The topological polar surface area (TPSA) is 85.4 Å². The van der Waals surface area contributed by atoms with E-state index in [2.05, 4.69) is 41.4 Å². The maximum atomic E-state index is 14.0. The minimum absolute atomic E-state index is 0.0108. The van der Waals surface area contributed by atoms with Crippen molar-refractivity contribution < 1.29 is 19.4 Å². The van der Waals surface area contributed by atoms with Gasteiger partial charge in [-0.25, -0.2) is 0 Å². The van der Waals surface area contributed by atoms with E-state index in [0.29, 0.717) is 19.6 Å². The molecule has 0 bridgehead atoms. The maximum Gasteiger partial charge on any atom is 0.254 e. The van der Waals surface area contributed by atoms with Crippen LogP contribution in [0.5, 0.6) is 0 Å². The number of para-hydroxylation sites is 1. The van der Waals surface area contributed by atoms with Gasteiger partial charge in [-0.3, -0.25) is 14.5 Å². The number of amides is 2. The zero-order valence-electron chi connectivity index (χ0n) is 26.3. The van der Waals surface area contributed by atoms with Gasteiger partial charge in [0, 0.05) is 37.4 Å². The smallest absolute Gasteiger partial charge is 0.254 e. The number of aliphatic hydroxyl groups is 1. The monoisotopic (exact) mass is 608 g/mol. The predicted molar refractivity (Wildman–Crippen MR) is 177 cm³/mol. The van der Waals surface area contributed by atoms with Crippen LogP contribution in [0.3, 0.4) is 0 Å². The number of carbonyl (C=O) groups excluding carboxylic acids is 2. The van der Waals surface area contributed by atoms with Gasteiger partial charge in [0.25, 0.3) is 5.91 Å². The van der Waals surface area contributed by atoms with Crippen molar-refractivity contribution in [3.8, 4) is 0 Å². The van der Waals surface area contributed by atoms with Crippen LogP contribution in [0.25, 0.3) is 0 Å². The fraction of sp³-hybridized carbons (Fsp3) is 0.405. The molecule has 3 aromatic rings. The lowest BCUT2D eigenvalue weighted by molar-refractivity contribution is -0.134. The number of carbonyl (C=O) groups is 2. The molecule has 236 valence electrons. The molecular formula is C37H44N4O4. The van der Waals surface area contributed by atoms with Crippen LogP contribution in [0.4, 0.5) is 11.4 Å². The van der Waals surface area contributed by atoms with Crippen LogP contribution in [0.15, 0.2) is 91.0 Å². The van der Waals surface area contributed by atoms with E-state index >= 15 is 0 Å². The maximum absolute atomic E-state index is 14.0. The molecule has 0 aliphatic carbocycles. The largest absolute Gasteiger partial charge is 0.394 e. The van der Waals surface area contributed by atoms with Gasteiger partial charge in [0.2, 0.25) is 5.91 Å². The summed E-state index contributed by atoms with van der Waals surface area (Å²) in [5, 5.41) is 13.4. The lowest BCUT2D eigenvalue weighted by Crippen LogP contribution is -2.55. The number of nitrogens with one attached hydrogen (secondary N) is 1. The van der Waals surface area contributed by atoms with E-state index in [0.717, 1.165) is 48.4 Å². The molecule has 45 heavy (non-hydrogen) atoms. The molecule has 6 rings (SSSR count). The number of anilines is 2. The van der Waals surface area contributed by atoms with Crippen molar-refractivity contribution in [2.75, 3.05) is 43.3 Å². The van der Waals surface area contributed by atoms with Gasteiger partial charge in [0.1, 0.15) is 5.54 Å². The summed E-state index contributed by atoms with van der Waals surface area (Å²) in [4.78, 5) is 33.2. The molecule has 0 saturated carbocycles. The predicted octanol–water partition coefficient (Wildman–Crippen LogP) is 4.84. The van der Waals surface area contributed by atoms with Crippen LogP contribution in [0.2, 0.25) is 0 Å². The first-order valence-electron chi connectivity index (χ1n) is 16.1. The molecule has 2 saturated heterocycles. The average Bonchev–Trinajstić information content (AvgIpc) is 3.35. The van der Waals surface area contributed by atoms with E-state index < -0.39 is 5.54 Å². The number of rotatable bonds is 9. The molecule has 3 aliphatic heterocycles. The number of hydrogen-bond acceptors (Lipinski definition) is 6. The molecule has 3 atom stereocenters. The third kappa shape index (κ3) is 6.15. The molecule has 0 unspecified atom stereocenters. The van der Waals surface area contributed by atoms with Crippen LogP contribution in [0.1, 0.15) is 49.0 Å². The molecule has 0 aromatic heterocycles. The molecule has 3 aromatic carbocycles. The van der Waals surface area contributed by atoms with Gasteiger partial charge in [0.15, 0.2) is 0 Å². The molecule has 2 N–H and O–H groups in total. The molecule has 0 radical (unpaired) electrons. The van der Waals surface area contributed by atoms with Gasteiger partial charge >= 0.3 is 0 Å². The van der Waals surface area contributed by atoms with E-state index in [4.69, 9.17) is 4.74 Å². The van der Waals surface area contributed by atoms with Crippen molar-refractivity contribution in [2.24, 2.45) is 5.92 Å². The summed E-state index contributed by atoms with van der Waals surface area (Å²) in [7, 11) is 1.70. The summed E-state index contributed by atoms with van der Waals surface area (Å²) < 4.78 is 5.92. The summed E-state index contributed by atoms with van der Waals surface area (Å²) in [5.74, 6) is 0.187. The van der Waals surface area contributed by atoms with Gasteiger partial charge in [-0.1, -0.05) is 73.7 Å². The van der Waals surface area contributed by atoms with Crippen molar-refractivity contribution in [2.45, 2.75) is 56.8 Å². The first-order valence-corrected chi connectivity index (χ1v) is 16.1. The number of methoxy groups -OCH3 is 1. The summed E-state index contributed by atoms with van der Waals surface area (Å²) in [5.41, 5.74) is 4.78. The molecule has 1 spiro atoms. The Hall–Kier alpha value is -3.98. The second-order valence-electron chi connectivity index (χ2n) is 12.5. The van der Waals surface area contributed by atoms with Gasteiger partial charge in [-0.05, 0) is 73.3 Å². The van der Waals surface area contributed by atoms with E-state index in [1.807, 2.05) is 71.6 Å². The Balaban J connectivity index is 1.12. The molecule has 8 heteroatoms. The fourth-order valence-electron chi connectivity index (χ4n) is 7.31. The van der Waals surface area contributed by atoms with E-state index in [1.54, 1.807) is 12.0 Å². The highest BCUT2D eigenvalue weighted by Gasteiger charge is 2.53. The third-order valence-corrected chi connectivity index (χ3v) is 9.82. The second kappa shape index (κ2) is 13.6. The summed E-state index contributed by atoms with van der Waals surface area (Å²) in [6, 6.07) is 26.3. The number of nitrogens with zero attached hydrogens (tertiary/aromatic N) is 3. The fourth-order valence-corrected chi connectivity index (χ4v) is 7.31. The summed E-state index contributed by atoms with van der Waals surface area (Å²) in [6.45, 7) is 4.72. The lowest BCUT2D eigenvalue weighted by atomic mass is 9.86. The van der Waals surface area contributed by atoms with Crippen LogP contribution in [0, 0.1) is 5.92 Å². The number of ether oxygens (including phenoxy) is 1. The highest BCUT2D eigenvalue weighted by molar-refractivity contribution is 6.06. The van der Waals surface area contributed by atoms with E-state index in [9.17, 15) is 14.7 Å². The Morgan fingerprint density at radius 1 is 1.00 bits per heavy atom. The number of benzene rings is 3. The molecule has 3 heterocycles. The molecule has 3 aliphatic rings. The van der Waals surface area contributed by atoms with Crippen molar-refractivity contribution in [1.29, 1.82) is 0 Å². The summed E-state index contributed by atoms with van der Waals surface area (Å²) in [6.07, 6.45) is 6.24. The first-order chi connectivity index (χ1) is 21.9. The minimum atomic E-state index is -0.536. The number of hydrogen-bond donors (Lipinski definition) is 2. The van der Waals surface area contributed by atoms with Crippen LogP contribution in [-0.4, -0.2) is 66.9 Å². The average molecular weight is 609 g/mol. The van der Waals surface area contributed by atoms with E-state index in [1.165, 1.54) is 5.56 Å². The van der Waals surface area contributed by atoms with Crippen LogP contribution < -0.4 is 15.1 Å². The molecule has 8 nitrogen and oxygen atoms in total.